The lowest BCUT2D eigenvalue weighted by Gasteiger charge is -2.17. The lowest BCUT2D eigenvalue weighted by molar-refractivity contribution is -0.169. The minimum absolute atomic E-state index is 0.208. The molecule has 0 aliphatic heterocycles. The maximum absolute atomic E-state index is 12.2. The molecule has 2 aromatic rings. The molecule has 0 bridgehead atoms. The number of hydrogen-bond donors (Lipinski definition) is 0. The highest BCUT2D eigenvalue weighted by Gasteiger charge is 2.30. The number of hydrogen-bond acceptors (Lipinski definition) is 5. The van der Waals surface area contributed by atoms with Crippen molar-refractivity contribution in [2.24, 2.45) is 0 Å². The normalized spacial score (nSPS) is 11.8. The summed E-state index contributed by atoms with van der Waals surface area (Å²) in [6, 6.07) is 9.77. The van der Waals surface area contributed by atoms with Gasteiger partial charge in [0, 0.05) is 25.4 Å². The van der Waals surface area contributed by atoms with Crippen LogP contribution in [-0.4, -0.2) is 28.1 Å². The molecule has 24 heavy (non-hydrogen) atoms. The molecular weight excluding hydrogens is 308 g/mol. The number of imidazole rings is 1. The van der Waals surface area contributed by atoms with Gasteiger partial charge in [-0.3, -0.25) is 4.79 Å². The van der Waals surface area contributed by atoms with E-state index >= 15 is 0 Å². The minimum atomic E-state index is -1.15. The molecule has 0 saturated carbocycles. The highest BCUT2D eigenvalue weighted by Crippen LogP contribution is 2.20. The van der Waals surface area contributed by atoms with Crippen LogP contribution >= 0.6 is 0 Å². The highest BCUT2D eigenvalue weighted by molar-refractivity contribution is 5.80. The van der Waals surface area contributed by atoms with E-state index < -0.39 is 18.0 Å². The van der Waals surface area contributed by atoms with Crippen molar-refractivity contribution < 1.29 is 19.1 Å². The second kappa shape index (κ2) is 8.86. The van der Waals surface area contributed by atoms with Gasteiger partial charge in [-0.05, 0) is 18.9 Å². The average Bonchev–Trinajstić information content (AvgIpc) is 3.02. The van der Waals surface area contributed by atoms with E-state index in [2.05, 4.69) is 4.98 Å². The number of benzene rings is 1. The van der Waals surface area contributed by atoms with E-state index in [9.17, 15) is 9.59 Å². The Kier molecular flexibility index (Phi) is 6.54. The molecule has 128 valence electrons. The van der Waals surface area contributed by atoms with Crippen LogP contribution in [0.5, 0.6) is 0 Å². The summed E-state index contributed by atoms with van der Waals surface area (Å²) in [5.74, 6) is -0.686. The Morgan fingerprint density at radius 1 is 1.21 bits per heavy atom. The molecule has 0 amide bonds. The van der Waals surface area contributed by atoms with Crippen molar-refractivity contribution >= 4 is 11.9 Å². The van der Waals surface area contributed by atoms with Crippen LogP contribution in [0, 0.1) is 0 Å². The topological polar surface area (TPSA) is 70.4 Å². The lowest BCUT2D eigenvalue weighted by Crippen LogP contribution is -2.25. The number of rotatable bonds is 8. The van der Waals surface area contributed by atoms with Gasteiger partial charge in [-0.1, -0.05) is 37.3 Å². The van der Waals surface area contributed by atoms with Crippen LogP contribution in [0.2, 0.25) is 0 Å². The molecule has 6 heteroatoms. The third kappa shape index (κ3) is 4.68. The van der Waals surface area contributed by atoms with E-state index in [0.29, 0.717) is 18.8 Å². The fourth-order valence-electron chi connectivity index (χ4n) is 2.29. The maximum Gasteiger partial charge on any atom is 0.355 e. The Hall–Kier alpha value is -2.63. The molecule has 0 aliphatic rings. The van der Waals surface area contributed by atoms with Gasteiger partial charge < -0.3 is 14.0 Å². The van der Waals surface area contributed by atoms with E-state index in [-0.39, 0.29) is 13.0 Å². The highest BCUT2D eigenvalue weighted by atomic mass is 16.6. The lowest BCUT2D eigenvalue weighted by atomic mass is 10.2. The van der Waals surface area contributed by atoms with Crippen molar-refractivity contribution in [2.45, 2.75) is 39.3 Å². The Bertz CT molecular complexity index is 667. The van der Waals surface area contributed by atoms with Gasteiger partial charge in [0.2, 0.25) is 0 Å². The molecule has 0 radical (unpaired) electrons. The Morgan fingerprint density at radius 2 is 1.96 bits per heavy atom. The van der Waals surface area contributed by atoms with Gasteiger partial charge >= 0.3 is 11.9 Å². The average molecular weight is 330 g/mol. The van der Waals surface area contributed by atoms with Gasteiger partial charge in [-0.2, -0.15) is 0 Å². The number of carbonyl (C=O) groups excluding carboxylic acids is 2. The van der Waals surface area contributed by atoms with Crippen LogP contribution in [0.25, 0.3) is 0 Å². The number of ether oxygens (including phenoxy) is 2. The van der Waals surface area contributed by atoms with E-state index in [1.807, 2.05) is 37.3 Å². The number of carbonyl (C=O) groups is 2. The molecule has 1 aromatic carbocycles. The largest absolute Gasteiger partial charge is 0.463 e. The molecule has 0 fully saturated rings. The number of esters is 2. The summed E-state index contributed by atoms with van der Waals surface area (Å²) in [7, 11) is 0. The summed E-state index contributed by atoms with van der Waals surface area (Å²) in [6.45, 7) is 4.31. The van der Waals surface area contributed by atoms with E-state index in [1.165, 1.54) is 0 Å². The number of aromatic nitrogens is 2. The predicted molar refractivity (Wildman–Crippen MR) is 88.1 cm³/mol. The van der Waals surface area contributed by atoms with Gasteiger partial charge in [0.15, 0.2) is 5.82 Å². The zero-order chi connectivity index (χ0) is 17.4. The Labute approximate surface area is 141 Å². The molecule has 0 N–H and O–H groups in total. The van der Waals surface area contributed by atoms with Crippen molar-refractivity contribution in [3.05, 3.63) is 54.1 Å². The van der Waals surface area contributed by atoms with Crippen molar-refractivity contribution in [2.75, 3.05) is 6.61 Å². The second-order valence-corrected chi connectivity index (χ2v) is 5.27. The molecule has 0 spiro atoms. The molecule has 6 nitrogen and oxygen atoms in total. The monoisotopic (exact) mass is 330 g/mol. The van der Waals surface area contributed by atoms with Gasteiger partial charge in [0.05, 0.1) is 6.61 Å². The van der Waals surface area contributed by atoms with Gasteiger partial charge in [-0.15, -0.1) is 0 Å². The summed E-state index contributed by atoms with van der Waals surface area (Å²) < 4.78 is 12.2. The summed E-state index contributed by atoms with van der Waals surface area (Å²) >= 11 is 0. The molecule has 1 unspecified atom stereocenters. The van der Waals surface area contributed by atoms with E-state index in [0.717, 1.165) is 5.56 Å². The fourth-order valence-corrected chi connectivity index (χ4v) is 2.29. The molecule has 1 atom stereocenters. The van der Waals surface area contributed by atoms with Crippen LogP contribution in [0.1, 0.15) is 44.2 Å². The Balaban J connectivity index is 2.24. The molecular formula is C18H22N2O4. The SMILES string of the molecule is CCCC(=O)OC(C(=O)OCC)c1nccn1Cc1ccccc1. The summed E-state index contributed by atoms with van der Waals surface area (Å²) in [4.78, 5) is 28.3. The third-order valence-electron chi connectivity index (χ3n) is 3.38. The smallest absolute Gasteiger partial charge is 0.355 e. The van der Waals surface area contributed by atoms with Crippen molar-refractivity contribution in [1.29, 1.82) is 0 Å². The molecule has 0 aliphatic carbocycles. The van der Waals surface area contributed by atoms with Crippen molar-refractivity contribution in [1.82, 2.24) is 9.55 Å². The van der Waals surface area contributed by atoms with Crippen LogP contribution in [0.15, 0.2) is 42.7 Å². The standard InChI is InChI=1S/C18H22N2O4/c1-3-8-15(21)24-16(18(22)23-4-2)17-19-11-12-20(17)13-14-9-6-5-7-10-14/h5-7,9-12,16H,3-4,8,13H2,1-2H3. The maximum atomic E-state index is 12.2. The summed E-state index contributed by atoms with van der Waals surface area (Å²) in [6.07, 6.45) is 3.07. The quantitative estimate of drug-likeness (QED) is 0.696. The fraction of sp³-hybridized carbons (Fsp3) is 0.389. The first-order valence-electron chi connectivity index (χ1n) is 8.06. The molecule has 1 heterocycles. The molecule has 1 aromatic heterocycles. The second-order valence-electron chi connectivity index (χ2n) is 5.27. The zero-order valence-corrected chi connectivity index (χ0v) is 14.0. The first-order chi connectivity index (χ1) is 11.7. The summed E-state index contributed by atoms with van der Waals surface area (Å²) in [5, 5.41) is 0. The minimum Gasteiger partial charge on any atom is -0.463 e. The van der Waals surface area contributed by atoms with Crippen LogP contribution in [0.3, 0.4) is 0 Å². The van der Waals surface area contributed by atoms with E-state index in [1.54, 1.807) is 23.9 Å². The number of nitrogens with zero attached hydrogens (tertiary/aromatic N) is 2. The van der Waals surface area contributed by atoms with Crippen molar-refractivity contribution in [3.8, 4) is 0 Å². The Morgan fingerprint density at radius 3 is 2.62 bits per heavy atom. The van der Waals surface area contributed by atoms with Gasteiger partial charge in [0.25, 0.3) is 6.10 Å². The van der Waals surface area contributed by atoms with Crippen LogP contribution in [0.4, 0.5) is 0 Å². The first-order valence-corrected chi connectivity index (χ1v) is 8.06. The van der Waals surface area contributed by atoms with Gasteiger partial charge in [-0.25, -0.2) is 9.78 Å². The third-order valence-corrected chi connectivity index (χ3v) is 3.38. The van der Waals surface area contributed by atoms with Crippen LogP contribution in [-0.2, 0) is 25.6 Å². The predicted octanol–water partition coefficient (Wildman–Crippen LogP) is 2.88. The van der Waals surface area contributed by atoms with E-state index in [4.69, 9.17) is 9.47 Å². The van der Waals surface area contributed by atoms with Crippen LogP contribution < -0.4 is 0 Å². The van der Waals surface area contributed by atoms with Crippen molar-refractivity contribution in [3.63, 3.8) is 0 Å². The molecule has 2 rings (SSSR count). The summed E-state index contributed by atoms with van der Waals surface area (Å²) in [5.41, 5.74) is 1.05. The zero-order valence-electron chi connectivity index (χ0n) is 14.0. The van der Waals surface area contributed by atoms with Gasteiger partial charge in [0.1, 0.15) is 0 Å². The first kappa shape index (κ1) is 17.7. The molecule has 0 saturated heterocycles.